The van der Waals surface area contributed by atoms with E-state index >= 15 is 0 Å². The fourth-order valence-corrected chi connectivity index (χ4v) is 5.14. The van der Waals surface area contributed by atoms with Gasteiger partial charge in [0.1, 0.15) is 0 Å². The molecule has 2 aliphatic heterocycles. The molecule has 2 bridgehead atoms. The van der Waals surface area contributed by atoms with Gasteiger partial charge in [-0.3, -0.25) is 9.69 Å². The summed E-state index contributed by atoms with van der Waals surface area (Å²) in [5, 5.41) is 0. The van der Waals surface area contributed by atoms with Gasteiger partial charge in [0.15, 0.2) is 0 Å². The molecule has 2 heterocycles. The minimum atomic E-state index is -0.327. The number of benzene rings is 1. The number of nitrogens with zero attached hydrogens (tertiary/aromatic N) is 1. The van der Waals surface area contributed by atoms with Crippen molar-refractivity contribution in [3.05, 3.63) is 34.9 Å². The van der Waals surface area contributed by atoms with Crippen molar-refractivity contribution in [1.29, 1.82) is 0 Å². The first-order valence-corrected chi connectivity index (χ1v) is 9.28. The summed E-state index contributed by atoms with van der Waals surface area (Å²) in [7, 11) is 0. The topological polar surface area (TPSA) is 55.6 Å². The number of primary amides is 1. The summed E-state index contributed by atoms with van der Waals surface area (Å²) in [6.07, 6.45) is 5.02. The first kappa shape index (κ1) is 16.1. The lowest BCUT2D eigenvalue weighted by molar-refractivity contribution is -0.00666. The number of hydrogen-bond acceptors (Lipinski definition) is 3. The molecule has 4 atom stereocenters. The summed E-state index contributed by atoms with van der Waals surface area (Å²) in [6, 6.07) is 6.64. The Morgan fingerprint density at radius 3 is 3.00 bits per heavy atom. The van der Waals surface area contributed by atoms with Crippen LogP contribution < -0.4 is 5.73 Å². The number of rotatable bonds is 3. The predicted octanol–water partition coefficient (Wildman–Crippen LogP) is 2.49. The van der Waals surface area contributed by atoms with Crippen molar-refractivity contribution in [3.8, 4) is 0 Å². The smallest absolute Gasteiger partial charge is 0.248 e. The van der Waals surface area contributed by atoms with Gasteiger partial charge in [0.25, 0.3) is 0 Å². The van der Waals surface area contributed by atoms with Gasteiger partial charge < -0.3 is 10.5 Å². The third-order valence-corrected chi connectivity index (χ3v) is 6.87. The Bertz CT molecular complexity index is 653. The Labute approximate surface area is 144 Å². The number of likely N-dealkylation sites (tertiary alicyclic amines) is 1. The zero-order valence-corrected chi connectivity index (χ0v) is 14.8. The highest BCUT2D eigenvalue weighted by Crippen LogP contribution is 2.48. The Morgan fingerprint density at radius 1 is 1.46 bits per heavy atom. The number of carbonyl (C=O) groups is 1. The van der Waals surface area contributed by atoms with Crippen LogP contribution in [0.25, 0.3) is 0 Å². The molecule has 0 saturated carbocycles. The van der Waals surface area contributed by atoms with E-state index in [1.54, 1.807) is 0 Å². The Kier molecular flexibility index (Phi) is 3.92. The number of ether oxygens (including phenoxy) is 1. The van der Waals surface area contributed by atoms with Crippen molar-refractivity contribution in [1.82, 2.24) is 4.90 Å². The van der Waals surface area contributed by atoms with Gasteiger partial charge in [-0.1, -0.05) is 19.9 Å². The Hall–Kier alpha value is -1.39. The number of nitrogens with two attached hydrogens (primary N) is 1. The monoisotopic (exact) mass is 328 g/mol. The van der Waals surface area contributed by atoms with Crippen LogP contribution in [-0.2, 0) is 16.6 Å². The average Bonchev–Trinajstić information content (AvgIpc) is 3.06. The van der Waals surface area contributed by atoms with Crippen LogP contribution in [0.3, 0.4) is 0 Å². The highest BCUT2D eigenvalue weighted by molar-refractivity contribution is 5.93. The summed E-state index contributed by atoms with van der Waals surface area (Å²) >= 11 is 0. The molecule has 1 aromatic carbocycles. The van der Waals surface area contributed by atoms with Crippen LogP contribution in [0.2, 0.25) is 0 Å². The summed E-state index contributed by atoms with van der Waals surface area (Å²) in [5.74, 6) is 0.246. The molecule has 4 nitrogen and oxygen atoms in total. The highest BCUT2D eigenvalue weighted by atomic mass is 16.5. The van der Waals surface area contributed by atoms with Crippen LogP contribution in [0, 0.1) is 5.92 Å². The van der Waals surface area contributed by atoms with E-state index in [0.717, 1.165) is 32.5 Å². The molecule has 1 amide bonds. The maximum absolute atomic E-state index is 11.6. The van der Waals surface area contributed by atoms with Crippen molar-refractivity contribution in [3.63, 3.8) is 0 Å². The molecule has 0 radical (unpaired) electrons. The van der Waals surface area contributed by atoms with E-state index in [1.807, 2.05) is 6.07 Å². The van der Waals surface area contributed by atoms with Crippen molar-refractivity contribution >= 4 is 5.91 Å². The van der Waals surface area contributed by atoms with E-state index in [4.69, 9.17) is 10.5 Å². The van der Waals surface area contributed by atoms with E-state index in [2.05, 4.69) is 30.9 Å². The second-order valence-corrected chi connectivity index (χ2v) is 8.09. The zero-order chi connectivity index (χ0) is 16.9. The molecule has 0 unspecified atom stereocenters. The van der Waals surface area contributed by atoms with Gasteiger partial charge in [-0.25, -0.2) is 0 Å². The minimum Gasteiger partial charge on any atom is -0.377 e. The fourth-order valence-electron chi connectivity index (χ4n) is 5.14. The van der Waals surface area contributed by atoms with Gasteiger partial charge in [0, 0.05) is 24.8 Å². The van der Waals surface area contributed by atoms with Gasteiger partial charge in [-0.05, 0) is 66.8 Å². The van der Waals surface area contributed by atoms with Crippen LogP contribution >= 0.6 is 0 Å². The van der Waals surface area contributed by atoms with Crippen LogP contribution in [-0.4, -0.2) is 42.6 Å². The van der Waals surface area contributed by atoms with Crippen LogP contribution in [0.5, 0.6) is 0 Å². The molecule has 3 aliphatic rings. The number of carbonyl (C=O) groups excluding carboxylic acids is 1. The Morgan fingerprint density at radius 2 is 2.29 bits per heavy atom. The molecule has 24 heavy (non-hydrogen) atoms. The van der Waals surface area contributed by atoms with Crippen molar-refractivity contribution in [2.45, 2.75) is 57.1 Å². The van der Waals surface area contributed by atoms with Crippen molar-refractivity contribution in [2.75, 3.05) is 19.7 Å². The molecule has 2 N–H and O–H groups in total. The molecular weight excluding hydrogens is 300 g/mol. The standard InChI is InChI=1S/C20H28N2O2/c1-13-18-11-14-5-6-15(19(21)23)10-17(14)20(13,2)7-8-22(18)12-16-4-3-9-24-16/h5-6,10,13,16,18H,3-4,7-9,11-12H2,1-2H3,(H2,21,23)/t13-,16-,18+,20+/m0/s1. The maximum Gasteiger partial charge on any atom is 0.248 e. The molecule has 130 valence electrons. The normalized spacial score (nSPS) is 35.7. The summed E-state index contributed by atoms with van der Waals surface area (Å²) in [5.41, 5.74) is 9.02. The first-order chi connectivity index (χ1) is 11.5. The molecule has 0 spiro atoms. The van der Waals surface area contributed by atoms with Gasteiger partial charge in [0.2, 0.25) is 5.91 Å². The predicted molar refractivity (Wildman–Crippen MR) is 94.1 cm³/mol. The number of piperidine rings is 1. The average molecular weight is 328 g/mol. The molecule has 2 fully saturated rings. The van der Waals surface area contributed by atoms with Gasteiger partial charge in [0.05, 0.1) is 6.10 Å². The lowest BCUT2D eigenvalue weighted by Crippen LogP contribution is -2.59. The molecule has 1 aromatic rings. The summed E-state index contributed by atoms with van der Waals surface area (Å²) in [4.78, 5) is 14.3. The van der Waals surface area contributed by atoms with E-state index < -0.39 is 0 Å². The SMILES string of the molecule is C[C@H]1[C@H]2Cc3ccc(C(N)=O)cc3[C@]1(C)CCN2C[C@@H]1CCCO1. The summed E-state index contributed by atoms with van der Waals surface area (Å²) in [6.45, 7) is 7.86. The lowest BCUT2D eigenvalue weighted by Gasteiger charge is -2.55. The third-order valence-electron chi connectivity index (χ3n) is 6.87. The first-order valence-electron chi connectivity index (χ1n) is 9.28. The van der Waals surface area contributed by atoms with Gasteiger partial charge in [-0.15, -0.1) is 0 Å². The molecular formula is C20H28N2O2. The molecule has 4 heteroatoms. The lowest BCUT2D eigenvalue weighted by atomic mass is 9.59. The maximum atomic E-state index is 11.6. The van der Waals surface area contributed by atoms with Crippen LogP contribution in [0.15, 0.2) is 18.2 Å². The molecule has 2 saturated heterocycles. The highest BCUT2D eigenvalue weighted by Gasteiger charge is 2.48. The summed E-state index contributed by atoms with van der Waals surface area (Å²) < 4.78 is 5.87. The number of fused-ring (bicyclic) bond motifs is 4. The van der Waals surface area contributed by atoms with Crippen molar-refractivity contribution < 1.29 is 9.53 Å². The van der Waals surface area contributed by atoms with Crippen LogP contribution in [0.1, 0.15) is 54.6 Å². The van der Waals surface area contributed by atoms with Crippen molar-refractivity contribution in [2.24, 2.45) is 11.7 Å². The molecule has 4 rings (SSSR count). The largest absolute Gasteiger partial charge is 0.377 e. The number of hydrogen-bond donors (Lipinski definition) is 1. The quantitative estimate of drug-likeness (QED) is 0.927. The van der Waals surface area contributed by atoms with Gasteiger partial charge in [-0.2, -0.15) is 0 Å². The van der Waals surface area contributed by atoms with E-state index in [1.165, 1.54) is 24.0 Å². The van der Waals surface area contributed by atoms with E-state index in [0.29, 0.717) is 23.6 Å². The Balaban J connectivity index is 1.64. The van der Waals surface area contributed by atoms with Gasteiger partial charge >= 0.3 is 0 Å². The zero-order valence-electron chi connectivity index (χ0n) is 14.8. The second kappa shape index (κ2) is 5.85. The third kappa shape index (κ3) is 2.47. The molecule has 1 aliphatic carbocycles. The second-order valence-electron chi connectivity index (χ2n) is 8.09. The fraction of sp³-hybridized carbons (Fsp3) is 0.650. The number of amides is 1. The molecule has 0 aromatic heterocycles. The van der Waals surface area contributed by atoms with Crippen LogP contribution in [0.4, 0.5) is 0 Å². The van der Waals surface area contributed by atoms with E-state index in [-0.39, 0.29) is 11.3 Å². The van der Waals surface area contributed by atoms with E-state index in [9.17, 15) is 4.79 Å². The minimum absolute atomic E-state index is 0.136.